The first kappa shape index (κ1) is 16.0. The van der Waals surface area contributed by atoms with Gasteiger partial charge >= 0.3 is 0 Å². The van der Waals surface area contributed by atoms with E-state index >= 15 is 0 Å². The molecule has 0 saturated carbocycles. The molecule has 0 aromatic carbocycles. The number of amides is 2. The molecule has 0 unspecified atom stereocenters. The number of nitrogens with zero attached hydrogens (tertiary/aromatic N) is 3. The zero-order chi connectivity index (χ0) is 16.1. The molecule has 118 valence electrons. The van der Waals surface area contributed by atoms with E-state index in [1.807, 2.05) is 6.07 Å². The lowest BCUT2D eigenvalue weighted by molar-refractivity contribution is -0.131. The summed E-state index contributed by atoms with van der Waals surface area (Å²) in [6, 6.07) is 3.30. The van der Waals surface area contributed by atoms with Crippen LogP contribution in [-0.2, 0) is 9.53 Å². The number of ether oxygens (including phenoxy) is 1. The van der Waals surface area contributed by atoms with E-state index in [0.29, 0.717) is 44.0 Å². The fourth-order valence-corrected chi connectivity index (χ4v) is 2.45. The van der Waals surface area contributed by atoms with Crippen LogP contribution in [0.3, 0.4) is 0 Å². The van der Waals surface area contributed by atoms with E-state index in [2.05, 4.69) is 0 Å². The highest BCUT2D eigenvalue weighted by atomic mass is 16.5. The number of hydrogen-bond acceptors (Lipinski definition) is 5. The summed E-state index contributed by atoms with van der Waals surface area (Å²) in [6.07, 6.45) is 0.712. The molecule has 0 spiro atoms. The molecule has 1 fully saturated rings. The third-order valence-electron chi connectivity index (χ3n) is 3.65. The van der Waals surface area contributed by atoms with Crippen molar-refractivity contribution in [2.24, 2.45) is 0 Å². The van der Waals surface area contributed by atoms with E-state index in [9.17, 15) is 9.59 Å². The van der Waals surface area contributed by atoms with Crippen LogP contribution in [0.25, 0.3) is 0 Å². The smallest absolute Gasteiger partial charge is 0.257 e. The van der Waals surface area contributed by atoms with Crippen molar-refractivity contribution in [2.75, 3.05) is 39.9 Å². The van der Waals surface area contributed by atoms with Gasteiger partial charge in [-0.25, -0.2) is 0 Å². The number of furan rings is 1. The Kier molecular flexibility index (Phi) is 5.17. The maximum Gasteiger partial charge on any atom is 0.257 e. The van der Waals surface area contributed by atoms with Gasteiger partial charge in [0.25, 0.3) is 5.91 Å². The molecule has 7 nitrogen and oxygen atoms in total. The van der Waals surface area contributed by atoms with E-state index in [1.54, 1.807) is 18.9 Å². The van der Waals surface area contributed by atoms with Crippen molar-refractivity contribution in [2.45, 2.75) is 13.3 Å². The largest absolute Gasteiger partial charge is 0.450 e. The Hall–Kier alpha value is -2.33. The zero-order valence-corrected chi connectivity index (χ0v) is 12.8. The Morgan fingerprint density at radius 1 is 1.50 bits per heavy atom. The molecule has 22 heavy (non-hydrogen) atoms. The molecule has 2 heterocycles. The maximum atomic E-state index is 12.5. The summed E-state index contributed by atoms with van der Waals surface area (Å²) in [5, 5.41) is 8.83. The van der Waals surface area contributed by atoms with Crippen LogP contribution in [0.1, 0.15) is 28.3 Å². The summed E-state index contributed by atoms with van der Waals surface area (Å²) in [4.78, 5) is 28.0. The Morgan fingerprint density at radius 2 is 2.27 bits per heavy atom. The van der Waals surface area contributed by atoms with Gasteiger partial charge in [0.05, 0.1) is 12.2 Å². The molecule has 1 aromatic rings. The van der Waals surface area contributed by atoms with Gasteiger partial charge in [-0.2, -0.15) is 5.26 Å². The first-order valence-corrected chi connectivity index (χ1v) is 7.13. The molecule has 2 amide bonds. The minimum atomic E-state index is -0.273. The highest BCUT2D eigenvalue weighted by molar-refractivity contribution is 5.97. The third-order valence-corrected chi connectivity index (χ3v) is 3.65. The van der Waals surface area contributed by atoms with Crippen molar-refractivity contribution >= 4 is 11.8 Å². The van der Waals surface area contributed by atoms with E-state index in [1.165, 1.54) is 11.0 Å². The molecule has 1 aliphatic heterocycles. The molecular formula is C15H19N3O4. The molecule has 0 aliphatic carbocycles. The summed E-state index contributed by atoms with van der Waals surface area (Å²) in [5.41, 5.74) is 0.342. The number of nitriles is 1. The van der Waals surface area contributed by atoms with Crippen LogP contribution in [0.5, 0.6) is 0 Å². The first-order chi connectivity index (χ1) is 10.6. The Morgan fingerprint density at radius 3 is 2.91 bits per heavy atom. The fraction of sp³-hybridized carbons (Fsp3) is 0.533. The number of rotatable bonds is 4. The number of carbonyl (C=O) groups is 2. The third kappa shape index (κ3) is 3.46. The number of carbonyl (C=O) groups excluding carboxylic acids is 2. The average Bonchev–Trinajstić information content (AvgIpc) is 2.79. The first-order valence-electron chi connectivity index (χ1n) is 7.13. The Bertz CT molecular complexity index is 602. The van der Waals surface area contributed by atoms with Crippen molar-refractivity contribution in [3.05, 3.63) is 23.2 Å². The van der Waals surface area contributed by atoms with Crippen LogP contribution in [0, 0.1) is 18.3 Å². The lowest BCUT2D eigenvalue weighted by atomic mass is 10.2. The molecule has 0 radical (unpaired) electrons. The molecule has 1 saturated heterocycles. The van der Waals surface area contributed by atoms with Crippen LogP contribution in [0.4, 0.5) is 0 Å². The highest BCUT2D eigenvalue weighted by Crippen LogP contribution is 2.17. The topological polar surface area (TPSA) is 86.8 Å². The minimum absolute atomic E-state index is 0.0368. The molecule has 1 aromatic heterocycles. The van der Waals surface area contributed by atoms with E-state index < -0.39 is 0 Å². The van der Waals surface area contributed by atoms with Crippen LogP contribution in [0.2, 0.25) is 0 Å². The van der Waals surface area contributed by atoms with Crippen molar-refractivity contribution in [1.82, 2.24) is 9.80 Å². The molecular weight excluding hydrogens is 286 g/mol. The quantitative estimate of drug-likeness (QED) is 0.820. The van der Waals surface area contributed by atoms with Crippen LogP contribution < -0.4 is 0 Å². The molecule has 2 rings (SSSR count). The molecule has 0 bridgehead atoms. The van der Waals surface area contributed by atoms with E-state index in [0.717, 1.165) is 0 Å². The summed E-state index contributed by atoms with van der Waals surface area (Å²) in [7, 11) is 1.59. The van der Waals surface area contributed by atoms with Gasteiger partial charge in [-0.1, -0.05) is 0 Å². The number of aryl methyl sites for hydroxylation is 1. The predicted octanol–water partition coefficient (Wildman–Crippen LogP) is 0.781. The monoisotopic (exact) mass is 305 g/mol. The standard InChI is InChI=1S/C15H19N3O4/c1-11-13(8-12(9-16)22-11)15(20)18-5-3-4-17(6-7-21-2)14(19)10-18/h8H,3-7,10H2,1-2H3. The summed E-state index contributed by atoms with van der Waals surface area (Å²) in [5.74, 6) is 0.132. The average molecular weight is 305 g/mol. The van der Waals surface area contributed by atoms with Crippen molar-refractivity contribution in [3.63, 3.8) is 0 Å². The second kappa shape index (κ2) is 7.09. The van der Waals surface area contributed by atoms with Crippen molar-refractivity contribution < 1.29 is 18.7 Å². The zero-order valence-electron chi connectivity index (χ0n) is 12.8. The Labute approximate surface area is 129 Å². The SMILES string of the molecule is COCCN1CCCN(C(=O)c2cc(C#N)oc2C)CC1=O. The fourth-order valence-electron chi connectivity index (χ4n) is 2.45. The lowest BCUT2D eigenvalue weighted by Crippen LogP contribution is -2.40. The molecule has 0 atom stereocenters. The van der Waals surface area contributed by atoms with Crippen molar-refractivity contribution in [3.8, 4) is 6.07 Å². The molecule has 1 aliphatic rings. The summed E-state index contributed by atoms with van der Waals surface area (Å²) in [6.45, 7) is 3.79. The Balaban J connectivity index is 2.09. The maximum absolute atomic E-state index is 12.5. The van der Waals surface area contributed by atoms with Gasteiger partial charge in [0.1, 0.15) is 18.4 Å². The normalized spacial score (nSPS) is 15.6. The second-order valence-corrected chi connectivity index (χ2v) is 5.15. The van der Waals surface area contributed by atoms with Crippen LogP contribution in [0.15, 0.2) is 10.5 Å². The van der Waals surface area contributed by atoms with Gasteiger partial charge in [0.15, 0.2) is 0 Å². The van der Waals surface area contributed by atoms with Gasteiger partial charge in [-0.3, -0.25) is 9.59 Å². The van der Waals surface area contributed by atoms with Gasteiger partial charge in [0.2, 0.25) is 11.7 Å². The second-order valence-electron chi connectivity index (χ2n) is 5.15. The summed E-state index contributed by atoms with van der Waals surface area (Å²) >= 11 is 0. The van der Waals surface area contributed by atoms with Gasteiger partial charge in [-0.05, 0) is 13.3 Å². The van der Waals surface area contributed by atoms with E-state index in [4.69, 9.17) is 14.4 Å². The number of hydrogen-bond donors (Lipinski definition) is 0. The summed E-state index contributed by atoms with van der Waals surface area (Å²) < 4.78 is 10.2. The lowest BCUT2D eigenvalue weighted by Gasteiger charge is -2.21. The van der Waals surface area contributed by atoms with Gasteiger partial charge in [-0.15, -0.1) is 0 Å². The van der Waals surface area contributed by atoms with Crippen LogP contribution >= 0.6 is 0 Å². The van der Waals surface area contributed by atoms with Gasteiger partial charge in [0, 0.05) is 32.8 Å². The molecule has 7 heteroatoms. The predicted molar refractivity (Wildman–Crippen MR) is 77.1 cm³/mol. The van der Waals surface area contributed by atoms with Crippen molar-refractivity contribution in [1.29, 1.82) is 5.26 Å². The van der Waals surface area contributed by atoms with E-state index in [-0.39, 0.29) is 24.1 Å². The van der Waals surface area contributed by atoms with Gasteiger partial charge < -0.3 is 19.0 Å². The van der Waals surface area contributed by atoms with Crippen LogP contribution in [-0.4, -0.2) is 61.5 Å². The minimum Gasteiger partial charge on any atom is -0.450 e. The molecule has 0 N–H and O–H groups in total. The highest BCUT2D eigenvalue weighted by Gasteiger charge is 2.27. The number of methoxy groups -OCH3 is 1.